The van der Waals surface area contributed by atoms with E-state index in [1.807, 2.05) is 0 Å². The van der Waals surface area contributed by atoms with Crippen LogP contribution in [0.4, 0.5) is 5.95 Å². The van der Waals surface area contributed by atoms with E-state index < -0.39 is 16.0 Å². The molecule has 2 N–H and O–H groups in total. The molecule has 0 fully saturated rings. The molecule has 0 aliphatic carbocycles. The van der Waals surface area contributed by atoms with Gasteiger partial charge in [0, 0.05) is 5.38 Å². The minimum absolute atomic E-state index is 0.0653. The van der Waals surface area contributed by atoms with Crippen LogP contribution in [0.15, 0.2) is 16.3 Å². The fourth-order valence-corrected chi connectivity index (χ4v) is 3.30. The molecule has 0 saturated heterocycles. The predicted molar refractivity (Wildman–Crippen MR) is 71.4 cm³/mol. The van der Waals surface area contributed by atoms with Gasteiger partial charge in [-0.05, 0) is 19.9 Å². The van der Waals surface area contributed by atoms with Gasteiger partial charge >= 0.3 is 5.97 Å². The highest BCUT2D eigenvalue weighted by Gasteiger charge is 2.20. The smallest absolute Gasteiger partial charge is 0.345 e. The van der Waals surface area contributed by atoms with Crippen LogP contribution in [0.1, 0.15) is 21.1 Å². The van der Waals surface area contributed by atoms with Gasteiger partial charge in [0.25, 0.3) is 16.0 Å². The van der Waals surface area contributed by atoms with E-state index in [0.29, 0.717) is 11.4 Å². The standard InChI is InChI=1S/C10H10N4O4S2/c1-5-6(2)12-13-10(11-5)14-20(17,18)7-3-8(9(15)16)19-4-7/h3-4H,1-2H3,(H,15,16)(H,11,13,14). The molecule has 0 atom stereocenters. The van der Waals surface area contributed by atoms with E-state index in [9.17, 15) is 13.2 Å². The molecule has 0 aromatic carbocycles. The molecule has 2 rings (SSSR count). The van der Waals surface area contributed by atoms with Gasteiger partial charge < -0.3 is 5.11 Å². The van der Waals surface area contributed by atoms with Gasteiger partial charge in [-0.3, -0.25) is 0 Å². The van der Waals surface area contributed by atoms with Crippen LogP contribution in [0.25, 0.3) is 0 Å². The van der Waals surface area contributed by atoms with Gasteiger partial charge in [0.15, 0.2) is 0 Å². The average Bonchev–Trinajstić information content (AvgIpc) is 2.84. The summed E-state index contributed by atoms with van der Waals surface area (Å²) in [5.74, 6) is -1.34. The summed E-state index contributed by atoms with van der Waals surface area (Å²) >= 11 is 0.826. The summed E-state index contributed by atoms with van der Waals surface area (Å²) in [6, 6.07) is 1.07. The van der Waals surface area contributed by atoms with E-state index in [2.05, 4.69) is 19.9 Å². The van der Waals surface area contributed by atoms with Crippen LogP contribution in [0.3, 0.4) is 0 Å². The number of nitrogens with zero attached hydrogens (tertiary/aromatic N) is 3. The monoisotopic (exact) mass is 314 g/mol. The van der Waals surface area contributed by atoms with E-state index in [0.717, 1.165) is 17.4 Å². The molecule has 0 radical (unpaired) electrons. The van der Waals surface area contributed by atoms with E-state index in [1.165, 1.54) is 5.38 Å². The maximum absolute atomic E-state index is 12.0. The number of anilines is 1. The van der Waals surface area contributed by atoms with Crippen molar-refractivity contribution in [3.63, 3.8) is 0 Å². The molecule has 0 bridgehead atoms. The molecular weight excluding hydrogens is 304 g/mol. The Morgan fingerprint density at radius 3 is 2.55 bits per heavy atom. The summed E-state index contributed by atoms with van der Waals surface area (Å²) in [5.41, 5.74) is 1.14. The van der Waals surface area contributed by atoms with Gasteiger partial charge in [0.05, 0.1) is 16.3 Å². The van der Waals surface area contributed by atoms with Crippen LogP contribution in [0.5, 0.6) is 0 Å². The molecule has 10 heteroatoms. The average molecular weight is 314 g/mol. The van der Waals surface area contributed by atoms with Crippen LogP contribution >= 0.6 is 11.3 Å². The van der Waals surface area contributed by atoms with Gasteiger partial charge in [-0.2, -0.15) is 5.10 Å². The highest BCUT2D eigenvalue weighted by atomic mass is 32.2. The molecule has 0 aliphatic heterocycles. The van der Waals surface area contributed by atoms with Crippen molar-refractivity contribution in [3.8, 4) is 0 Å². The molecule has 2 aromatic heterocycles. The summed E-state index contributed by atoms with van der Waals surface area (Å²) < 4.78 is 26.2. The normalized spacial score (nSPS) is 11.3. The number of hydrogen-bond donors (Lipinski definition) is 2. The zero-order valence-corrected chi connectivity index (χ0v) is 12.1. The molecule has 2 heterocycles. The molecule has 0 aliphatic rings. The maximum atomic E-state index is 12.0. The van der Waals surface area contributed by atoms with Crippen molar-refractivity contribution in [1.82, 2.24) is 15.2 Å². The second kappa shape index (κ2) is 5.13. The lowest BCUT2D eigenvalue weighted by Crippen LogP contribution is -2.15. The second-order valence-electron chi connectivity index (χ2n) is 3.86. The number of hydrogen-bond acceptors (Lipinski definition) is 7. The van der Waals surface area contributed by atoms with Crippen molar-refractivity contribution < 1.29 is 18.3 Å². The number of rotatable bonds is 4. The lowest BCUT2D eigenvalue weighted by Gasteiger charge is -2.05. The summed E-state index contributed by atoms with van der Waals surface area (Å²) in [6.45, 7) is 3.38. The number of carboxylic acid groups (broad SMARTS) is 1. The SMILES string of the molecule is Cc1nnc(NS(=O)(=O)c2csc(C(=O)O)c2)nc1C. The highest BCUT2D eigenvalue weighted by Crippen LogP contribution is 2.20. The third-order valence-electron chi connectivity index (χ3n) is 2.41. The first kappa shape index (κ1) is 14.3. The van der Waals surface area contributed by atoms with Crippen molar-refractivity contribution in [2.45, 2.75) is 18.7 Å². The van der Waals surface area contributed by atoms with Gasteiger partial charge in [-0.25, -0.2) is 22.9 Å². The summed E-state index contributed by atoms with van der Waals surface area (Å²) in [5, 5.41) is 17.4. The second-order valence-corrected chi connectivity index (χ2v) is 6.46. The van der Waals surface area contributed by atoms with Crippen molar-refractivity contribution in [3.05, 3.63) is 27.7 Å². The molecular formula is C10H10N4O4S2. The van der Waals surface area contributed by atoms with Gasteiger partial charge in [-0.1, -0.05) is 0 Å². The lowest BCUT2D eigenvalue weighted by molar-refractivity contribution is 0.0702. The number of carboxylic acids is 1. The minimum atomic E-state index is -3.92. The van der Waals surface area contributed by atoms with Crippen LogP contribution in [-0.4, -0.2) is 34.7 Å². The summed E-state index contributed by atoms with van der Waals surface area (Å²) in [4.78, 5) is 14.5. The number of nitrogens with one attached hydrogen (secondary N) is 1. The molecule has 0 saturated carbocycles. The Morgan fingerprint density at radius 2 is 2.00 bits per heavy atom. The van der Waals surface area contributed by atoms with E-state index in [-0.39, 0.29) is 15.7 Å². The zero-order chi connectivity index (χ0) is 14.9. The Kier molecular flexibility index (Phi) is 3.68. The fraction of sp³-hybridized carbons (Fsp3) is 0.200. The molecule has 0 amide bonds. The Bertz CT molecular complexity index is 769. The van der Waals surface area contributed by atoms with Crippen molar-refractivity contribution >= 4 is 33.3 Å². The van der Waals surface area contributed by atoms with Gasteiger partial charge in [0.2, 0.25) is 0 Å². The number of aromatic nitrogens is 3. The third-order valence-corrected chi connectivity index (χ3v) is 4.79. The van der Waals surface area contributed by atoms with E-state index in [4.69, 9.17) is 5.11 Å². The predicted octanol–water partition coefficient (Wildman–Crippen LogP) is 1.05. The molecule has 20 heavy (non-hydrogen) atoms. The van der Waals surface area contributed by atoms with Crippen LogP contribution in [0.2, 0.25) is 0 Å². The highest BCUT2D eigenvalue weighted by molar-refractivity contribution is 7.92. The molecule has 106 valence electrons. The van der Waals surface area contributed by atoms with Gasteiger partial charge in [0.1, 0.15) is 4.88 Å². The van der Waals surface area contributed by atoms with Gasteiger partial charge in [-0.15, -0.1) is 16.4 Å². The fourth-order valence-electron chi connectivity index (χ4n) is 1.25. The zero-order valence-electron chi connectivity index (χ0n) is 10.5. The minimum Gasteiger partial charge on any atom is -0.477 e. The van der Waals surface area contributed by atoms with Crippen molar-refractivity contribution in [2.24, 2.45) is 0 Å². The van der Waals surface area contributed by atoms with Crippen LogP contribution in [0, 0.1) is 13.8 Å². The molecule has 2 aromatic rings. The quantitative estimate of drug-likeness (QED) is 0.864. The first-order valence-electron chi connectivity index (χ1n) is 5.32. The summed E-state index contributed by atoms with van der Waals surface area (Å²) in [7, 11) is -3.92. The first-order chi connectivity index (χ1) is 9.29. The number of aryl methyl sites for hydroxylation is 2. The molecule has 8 nitrogen and oxygen atoms in total. The topological polar surface area (TPSA) is 122 Å². The van der Waals surface area contributed by atoms with E-state index in [1.54, 1.807) is 13.8 Å². The first-order valence-corrected chi connectivity index (χ1v) is 7.68. The molecule has 0 spiro atoms. The lowest BCUT2D eigenvalue weighted by atomic mass is 10.4. The maximum Gasteiger partial charge on any atom is 0.345 e. The number of aromatic carboxylic acids is 1. The number of carbonyl (C=O) groups is 1. The Hall–Kier alpha value is -2.07. The Labute approximate surface area is 118 Å². The van der Waals surface area contributed by atoms with Crippen molar-refractivity contribution in [2.75, 3.05) is 4.72 Å². The molecule has 0 unspecified atom stereocenters. The summed E-state index contributed by atoms with van der Waals surface area (Å²) in [6.07, 6.45) is 0. The number of sulfonamides is 1. The van der Waals surface area contributed by atoms with Crippen molar-refractivity contribution in [1.29, 1.82) is 0 Å². The number of thiophene rings is 1. The Balaban J connectivity index is 2.30. The van der Waals surface area contributed by atoms with Crippen LogP contribution in [-0.2, 0) is 10.0 Å². The third kappa shape index (κ3) is 2.91. The van der Waals surface area contributed by atoms with E-state index >= 15 is 0 Å². The Morgan fingerprint density at radius 1 is 1.30 bits per heavy atom. The largest absolute Gasteiger partial charge is 0.477 e. The van der Waals surface area contributed by atoms with Crippen LogP contribution < -0.4 is 4.72 Å².